The Morgan fingerprint density at radius 1 is 1.35 bits per heavy atom. The van der Waals surface area contributed by atoms with Gasteiger partial charge in [-0.05, 0) is 37.5 Å². The molecule has 0 radical (unpaired) electrons. The van der Waals surface area contributed by atoms with Gasteiger partial charge in [0.15, 0.2) is 0 Å². The summed E-state index contributed by atoms with van der Waals surface area (Å²) >= 11 is 11.9. The van der Waals surface area contributed by atoms with Crippen molar-refractivity contribution in [1.82, 2.24) is 5.32 Å². The monoisotopic (exact) mass is 379 g/mol. The molecule has 1 aromatic carbocycles. The number of aliphatic imine (C=N–C) groups is 1. The van der Waals surface area contributed by atoms with Crippen LogP contribution in [-0.4, -0.2) is 23.6 Å². The summed E-state index contributed by atoms with van der Waals surface area (Å²) in [5.74, 6) is -0.909. The number of hydrogen-bond acceptors (Lipinski definition) is 3. The van der Waals surface area contributed by atoms with Crippen LogP contribution in [0.25, 0.3) is 0 Å². The second kappa shape index (κ2) is 7.86. The molecule has 1 fully saturated rings. The van der Waals surface area contributed by atoms with Crippen LogP contribution in [0, 0.1) is 0 Å². The first kappa shape index (κ1) is 19.5. The van der Waals surface area contributed by atoms with E-state index >= 15 is 0 Å². The van der Waals surface area contributed by atoms with Crippen LogP contribution in [-0.2, 0) is 16.0 Å². The van der Waals surface area contributed by atoms with Gasteiger partial charge in [0.05, 0.1) is 6.42 Å². The zero-order valence-corrected chi connectivity index (χ0v) is 14.6. The number of nitrogens with two attached hydrogens (primary N) is 1. The molecule has 0 heterocycles. The van der Waals surface area contributed by atoms with Crippen LogP contribution in [0.5, 0.6) is 0 Å². The Balaban J connectivity index is 0.00000264. The minimum absolute atomic E-state index is 0. The third-order valence-corrected chi connectivity index (χ3v) is 3.87. The SMILES string of the molecule is CC1(OC(=O)NC(N)=NC(=O)Cc2c(Cl)cccc2Cl)CC1.Cl. The molecule has 3 N–H and O–H groups in total. The minimum Gasteiger partial charge on any atom is -0.443 e. The molecule has 6 nitrogen and oxygen atoms in total. The number of benzene rings is 1. The van der Waals surface area contributed by atoms with Gasteiger partial charge in [0.25, 0.3) is 5.91 Å². The van der Waals surface area contributed by atoms with Crippen molar-refractivity contribution in [3.05, 3.63) is 33.8 Å². The fraction of sp³-hybridized carbons (Fsp3) is 0.357. The molecule has 0 unspecified atom stereocenters. The van der Waals surface area contributed by atoms with Gasteiger partial charge in [0.2, 0.25) is 5.96 Å². The summed E-state index contributed by atoms with van der Waals surface area (Å²) in [6.07, 6.45) is 0.765. The fourth-order valence-electron chi connectivity index (χ4n) is 1.69. The zero-order valence-electron chi connectivity index (χ0n) is 12.3. The number of carbonyl (C=O) groups excluding carboxylic acids is 2. The van der Waals surface area contributed by atoms with Crippen LogP contribution in [0.15, 0.2) is 23.2 Å². The predicted octanol–water partition coefficient (Wildman–Crippen LogP) is 3.08. The number of rotatable bonds is 3. The van der Waals surface area contributed by atoms with E-state index in [1.807, 2.05) is 6.92 Å². The standard InChI is InChI=1S/C14H15Cl2N3O3.ClH/c1-14(5-6-14)22-13(21)19-12(17)18-11(20)7-8-9(15)3-2-4-10(8)16;/h2-4H,5-7H2,1H3,(H3,17,18,19,20,21);1H. The summed E-state index contributed by atoms with van der Waals surface area (Å²) in [7, 11) is 0. The van der Waals surface area contributed by atoms with Crippen LogP contribution >= 0.6 is 35.6 Å². The third-order valence-electron chi connectivity index (χ3n) is 3.16. The van der Waals surface area contributed by atoms with E-state index in [4.69, 9.17) is 33.7 Å². The third kappa shape index (κ3) is 5.89. The second-order valence-corrected chi connectivity index (χ2v) is 6.05. The number of nitrogens with zero attached hydrogens (tertiary/aromatic N) is 1. The van der Waals surface area contributed by atoms with E-state index in [2.05, 4.69) is 10.3 Å². The minimum atomic E-state index is -0.732. The first-order valence-corrected chi connectivity index (χ1v) is 7.34. The van der Waals surface area contributed by atoms with Gasteiger partial charge in [0, 0.05) is 10.0 Å². The van der Waals surface area contributed by atoms with E-state index in [0.717, 1.165) is 12.8 Å². The lowest BCUT2D eigenvalue weighted by Gasteiger charge is -2.11. The summed E-state index contributed by atoms with van der Waals surface area (Å²) in [5, 5.41) is 2.93. The molecule has 0 bridgehead atoms. The first-order valence-electron chi connectivity index (χ1n) is 6.59. The number of ether oxygens (including phenoxy) is 1. The molecule has 2 rings (SSSR count). The highest BCUT2D eigenvalue weighted by Crippen LogP contribution is 2.38. The topological polar surface area (TPSA) is 93.8 Å². The molecule has 1 saturated carbocycles. The van der Waals surface area contributed by atoms with Crippen molar-refractivity contribution in [1.29, 1.82) is 0 Å². The van der Waals surface area contributed by atoms with Crippen molar-refractivity contribution < 1.29 is 14.3 Å². The maximum Gasteiger partial charge on any atom is 0.414 e. The molecular formula is C14H16Cl3N3O3. The quantitative estimate of drug-likeness (QED) is 0.622. The average Bonchev–Trinajstić information content (AvgIpc) is 3.10. The highest BCUT2D eigenvalue weighted by Gasteiger charge is 2.41. The Morgan fingerprint density at radius 2 is 1.91 bits per heavy atom. The molecule has 0 aliphatic heterocycles. The zero-order chi connectivity index (χ0) is 16.3. The van der Waals surface area contributed by atoms with Gasteiger partial charge < -0.3 is 10.5 Å². The highest BCUT2D eigenvalue weighted by molar-refractivity contribution is 6.36. The van der Waals surface area contributed by atoms with E-state index in [-0.39, 0.29) is 24.8 Å². The van der Waals surface area contributed by atoms with Crippen LogP contribution in [0.3, 0.4) is 0 Å². The summed E-state index contributed by atoms with van der Waals surface area (Å²) in [4.78, 5) is 26.9. The molecule has 1 aliphatic carbocycles. The Morgan fingerprint density at radius 3 is 2.43 bits per heavy atom. The van der Waals surface area contributed by atoms with Crippen LogP contribution in [0.2, 0.25) is 10.0 Å². The van der Waals surface area contributed by atoms with Crippen molar-refractivity contribution in [3.63, 3.8) is 0 Å². The number of hydrogen-bond donors (Lipinski definition) is 2. The molecule has 1 aliphatic rings. The van der Waals surface area contributed by atoms with E-state index < -0.39 is 17.6 Å². The highest BCUT2D eigenvalue weighted by atomic mass is 35.5. The van der Waals surface area contributed by atoms with E-state index in [1.54, 1.807) is 18.2 Å². The molecule has 0 atom stereocenters. The lowest BCUT2D eigenvalue weighted by Crippen LogP contribution is -2.39. The fourth-order valence-corrected chi connectivity index (χ4v) is 2.22. The molecular weight excluding hydrogens is 365 g/mol. The number of nitrogens with one attached hydrogen (secondary N) is 1. The maximum atomic E-state index is 11.8. The molecule has 0 saturated heterocycles. The molecule has 23 heavy (non-hydrogen) atoms. The average molecular weight is 381 g/mol. The summed E-state index contributed by atoms with van der Waals surface area (Å²) in [6, 6.07) is 4.91. The Kier molecular flexibility index (Phi) is 6.68. The second-order valence-electron chi connectivity index (χ2n) is 5.23. The normalized spacial score (nSPS) is 15.3. The summed E-state index contributed by atoms with van der Waals surface area (Å²) in [5.41, 5.74) is 5.52. The predicted molar refractivity (Wildman–Crippen MR) is 91.3 cm³/mol. The van der Waals surface area contributed by atoms with Crippen molar-refractivity contribution in [2.75, 3.05) is 0 Å². The van der Waals surface area contributed by atoms with Crippen molar-refractivity contribution >= 4 is 53.6 Å². The van der Waals surface area contributed by atoms with E-state index in [0.29, 0.717) is 15.6 Å². The van der Waals surface area contributed by atoms with Crippen LogP contribution in [0.1, 0.15) is 25.3 Å². The lowest BCUT2D eigenvalue weighted by molar-refractivity contribution is -0.117. The first-order chi connectivity index (χ1) is 10.3. The van der Waals surface area contributed by atoms with Gasteiger partial charge in [-0.25, -0.2) is 4.79 Å². The Labute approximate surface area is 149 Å². The van der Waals surface area contributed by atoms with Crippen LogP contribution < -0.4 is 11.1 Å². The van der Waals surface area contributed by atoms with Crippen molar-refractivity contribution in [2.45, 2.75) is 31.8 Å². The van der Waals surface area contributed by atoms with Gasteiger partial charge in [-0.3, -0.25) is 10.1 Å². The van der Waals surface area contributed by atoms with Crippen molar-refractivity contribution in [3.8, 4) is 0 Å². The van der Waals surface area contributed by atoms with Gasteiger partial charge in [0.1, 0.15) is 5.60 Å². The Hall–Kier alpha value is -1.50. The summed E-state index contributed by atoms with van der Waals surface area (Å²) < 4.78 is 5.09. The lowest BCUT2D eigenvalue weighted by atomic mass is 10.1. The Bertz CT molecular complexity index is 625. The van der Waals surface area contributed by atoms with Gasteiger partial charge >= 0.3 is 6.09 Å². The number of amides is 2. The van der Waals surface area contributed by atoms with Crippen molar-refractivity contribution in [2.24, 2.45) is 10.7 Å². The number of halogens is 3. The van der Waals surface area contributed by atoms with Gasteiger partial charge in [-0.2, -0.15) is 4.99 Å². The maximum absolute atomic E-state index is 11.8. The number of carbonyl (C=O) groups is 2. The molecule has 2 amide bonds. The molecule has 126 valence electrons. The van der Waals surface area contributed by atoms with Crippen LogP contribution in [0.4, 0.5) is 4.79 Å². The van der Waals surface area contributed by atoms with E-state index in [1.165, 1.54) is 0 Å². The van der Waals surface area contributed by atoms with Gasteiger partial charge in [-0.15, -0.1) is 12.4 Å². The summed E-state index contributed by atoms with van der Waals surface area (Å²) in [6.45, 7) is 1.81. The van der Waals surface area contributed by atoms with E-state index in [9.17, 15) is 9.59 Å². The molecule has 9 heteroatoms. The molecule has 0 spiro atoms. The largest absolute Gasteiger partial charge is 0.443 e. The smallest absolute Gasteiger partial charge is 0.414 e. The molecule has 0 aromatic heterocycles. The number of guanidine groups is 1. The number of alkyl carbamates (subject to hydrolysis) is 1. The van der Waals surface area contributed by atoms with Gasteiger partial charge in [-0.1, -0.05) is 29.3 Å². The molecule has 1 aromatic rings.